The zero-order chi connectivity index (χ0) is 9.33. The van der Waals surface area contributed by atoms with E-state index < -0.39 is 7.91 Å². The summed E-state index contributed by atoms with van der Waals surface area (Å²) in [5.74, 6) is 0. The van der Waals surface area contributed by atoms with Crippen LogP contribution in [0.5, 0.6) is 0 Å². The molecule has 0 rings (SSSR count). The molecule has 0 unspecified atom stereocenters. The summed E-state index contributed by atoms with van der Waals surface area (Å²) in [7, 11) is -5.14. The second kappa shape index (κ2) is 11.6. The Labute approximate surface area is 83.4 Å². The second-order valence-electron chi connectivity index (χ2n) is 2.18. The van der Waals surface area contributed by atoms with Crippen molar-refractivity contribution in [3.63, 3.8) is 0 Å². The Morgan fingerprint density at radius 2 is 1.33 bits per heavy atom. The van der Waals surface area contributed by atoms with Gasteiger partial charge in [0.15, 0.2) is 0 Å². The van der Waals surface area contributed by atoms with E-state index in [1.54, 1.807) is 0 Å². The summed E-state index contributed by atoms with van der Waals surface area (Å²) in [4.78, 5) is 13.9. The second-order valence-corrected chi connectivity index (χ2v) is 3.13. The van der Waals surface area contributed by atoms with Gasteiger partial charge in [-0.3, -0.25) is 9.79 Å². The zero-order valence-electron chi connectivity index (χ0n) is 7.36. The van der Waals surface area contributed by atoms with Crippen molar-refractivity contribution >= 4 is 24.9 Å². The van der Waals surface area contributed by atoms with Crippen LogP contribution in [0.15, 0.2) is 0 Å². The molecular weight excluding hydrogens is 250 g/mol. The van der Waals surface area contributed by atoms with Crippen LogP contribution < -0.4 is 0 Å². The minimum absolute atomic E-state index is 0. The predicted octanol–water partition coefficient (Wildman–Crippen LogP) is 3.21. The van der Waals surface area contributed by atoms with Gasteiger partial charge in [0, 0.05) is 0 Å². The summed E-state index contributed by atoms with van der Waals surface area (Å²) < 4.78 is 19.0. The normalized spacial score (nSPS) is 9.42. The van der Waals surface area contributed by atoms with Crippen LogP contribution in [0.4, 0.5) is 4.20 Å². The summed E-state index contributed by atoms with van der Waals surface area (Å²) in [5, 5.41) is 0. The highest BCUT2D eigenvalue weighted by molar-refractivity contribution is 8.93. The highest BCUT2D eigenvalue weighted by Crippen LogP contribution is 2.34. The summed E-state index contributed by atoms with van der Waals surface area (Å²) in [6, 6.07) is 0. The number of halogens is 2. The van der Waals surface area contributed by atoms with Crippen molar-refractivity contribution in [2.75, 3.05) is 0 Å². The van der Waals surface area contributed by atoms with Gasteiger partial charge in [0.2, 0.25) is 0 Å². The molecule has 0 aromatic heterocycles. The first-order valence-corrected chi connectivity index (χ1v) is 5.17. The third kappa shape index (κ3) is 76.2. The SMILES string of the molecule is Br.CCCCCC.O=P(O)(O)F. The van der Waals surface area contributed by atoms with Crippen LogP contribution in [0.2, 0.25) is 0 Å². The van der Waals surface area contributed by atoms with Crippen LogP contribution in [-0.4, -0.2) is 9.79 Å². The van der Waals surface area contributed by atoms with Gasteiger partial charge in [-0.25, -0.2) is 4.57 Å². The molecule has 3 nitrogen and oxygen atoms in total. The van der Waals surface area contributed by atoms with Crippen LogP contribution in [0.25, 0.3) is 0 Å². The largest absolute Gasteiger partial charge is 0.507 e. The maximum Gasteiger partial charge on any atom is 0.507 e. The van der Waals surface area contributed by atoms with Crippen LogP contribution in [-0.2, 0) is 4.57 Å². The lowest BCUT2D eigenvalue weighted by molar-refractivity contribution is 0.322. The first-order valence-electron chi connectivity index (χ1n) is 3.67. The zero-order valence-corrected chi connectivity index (χ0v) is 9.97. The first kappa shape index (κ1) is 18.4. The highest BCUT2D eigenvalue weighted by atomic mass is 79.9. The van der Waals surface area contributed by atoms with Crippen molar-refractivity contribution in [3.8, 4) is 0 Å². The standard InChI is InChI=1S/C6H14.BrH.FH2O3P/c1-3-5-6-4-2;;1-5(2,3)4/h3-6H2,1-2H3;1H;(H2,2,3,4). The summed E-state index contributed by atoms with van der Waals surface area (Å²) >= 11 is 0. The van der Waals surface area contributed by atoms with E-state index in [-0.39, 0.29) is 17.0 Å². The molecule has 0 bridgehead atoms. The number of hydrogen-bond acceptors (Lipinski definition) is 1. The van der Waals surface area contributed by atoms with Crippen molar-refractivity contribution in [1.82, 2.24) is 0 Å². The lowest BCUT2D eigenvalue weighted by Crippen LogP contribution is -1.66. The molecule has 0 fully saturated rings. The molecule has 0 spiro atoms. The molecular formula is C6H17BrFO3P. The molecule has 0 aliphatic carbocycles. The number of unbranched alkanes of at least 4 members (excludes halogenated alkanes) is 3. The van der Waals surface area contributed by atoms with E-state index >= 15 is 0 Å². The van der Waals surface area contributed by atoms with Gasteiger partial charge in [0.05, 0.1) is 0 Å². The molecule has 0 saturated heterocycles. The van der Waals surface area contributed by atoms with Gasteiger partial charge in [0.1, 0.15) is 0 Å². The third-order valence-electron chi connectivity index (χ3n) is 0.957. The summed E-state index contributed by atoms with van der Waals surface area (Å²) in [5.41, 5.74) is 0. The molecule has 0 aromatic carbocycles. The van der Waals surface area contributed by atoms with Gasteiger partial charge in [-0.2, -0.15) is 0 Å². The maximum atomic E-state index is 10.4. The minimum Gasteiger partial charge on any atom is -0.299 e. The molecule has 2 N–H and O–H groups in total. The summed E-state index contributed by atoms with van der Waals surface area (Å²) in [6.45, 7) is 4.46. The molecule has 78 valence electrons. The quantitative estimate of drug-likeness (QED) is 0.609. The van der Waals surface area contributed by atoms with Crippen molar-refractivity contribution in [2.45, 2.75) is 39.5 Å². The topological polar surface area (TPSA) is 57.5 Å². The summed E-state index contributed by atoms with van der Waals surface area (Å²) in [6.07, 6.45) is 5.54. The predicted molar refractivity (Wildman–Crippen MR) is 53.3 cm³/mol. The molecule has 0 aromatic rings. The molecule has 0 aliphatic rings. The molecule has 12 heavy (non-hydrogen) atoms. The number of rotatable bonds is 3. The molecule has 0 radical (unpaired) electrons. The Morgan fingerprint density at radius 3 is 1.42 bits per heavy atom. The molecule has 0 atom stereocenters. The Morgan fingerprint density at radius 1 is 1.17 bits per heavy atom. The van der Waals surface area contributed by atoms with E-state index in [1.165, 1.54) is 25.7 Å². The first-order chi connectivity index (χ1) is 4.91. The Bertz CT molecular complexity index is 105. The highest BCUT2D eigenvalue weighted by Gasteiger charge is 2.04. The fraction of sp³-hybridized carbons (Fsp3) is 1.00. The van der Waals surface area contributed by atoms with E-state index in [1.807, 2.05) is 0 Å². The molecule has 6 heteroatoms. The minimum atomic E-state index is -5.14. The fourth-order valence-electron chi connectivity index (χ4n) is 0.500. The monoisotopic (exact) mass is 266 g/mol. The fourth-order valence-corrected chi connectivity index (χ4v) is 0.500. The van der Waals surface area contributed by atoms with Gasteiger partial charge in [0.25, 0.3) is 0 Å². The van der Waals surface area contributed by atoms with Crippen molar-refractivity contribution in [3.05, 3.63) is 0 Å². The van der Waals surface area contributed by atoms with Crippen LogP contribution >= 0.6 is 24.9 Å². The average molecular weight is 267 g/mol. The van der Waals surface area contributed by atoms with E-state index in [2.05, 4.69) is 13.8 Å². The average Bonchev–Trinajstić information content (AvgIpc) is 1.79. The Hall–Kier alpha value is 0.560. The molecule has 0 amide bonds. The Balaban J connectivity index is -0.000000126. The van der Waals surface area contributed by atoms with Crippen molar-refractivity contribution in [2.24, 2.45) is 0 Å². The van der Waals surface area contributed by atoms with E-state index in [0.29, 0.717) is 0 Å². The van der Waals surface area contributed by atoms with Gasteiger partial charge in [-0.1, -0.05) is 39.5 Å². The van der Waals surface area contributed by atoms with Crippen LogP contribution in [0.3, 0.4) is 0 Å². The van der Waals surface area contributed by atoms with Gasteiger partial charge in [-0.15, -0.1) is 21.2 Å². The van der Waals surface area contributed by atoms with E-state index in [9.17, 15) is 4.20 Å². The third-order valence-corrected chi connectivity index (χ3v) is 0.957. The van der Waals surface area contributed by atoms with E-state index in [0.717, 1.165) is 0 Å². The molecule has 0 saturated carbocycles. The van der Waals surface area contributed by atoms with E-state index in [4.69, 9.17) is 14.4 Å². The lowest BCUT2D eigenvalue weighted by Gasteiger charge is -1.86. The van der Waals surface area contributed by atoms with Crippen LogP contribution in [0, 0.1) is 0 Å². The lowest BCUT2D eigenvalue weighted by atomic mass is 10.2. The van der Waals surface area contributed by atoms with Crippen molar-refractivity contribution < 1.29 is 18.5 Å². The van der Waals surface area contributed by atoms with Crippen LogP contribution in [0.1, 0.15) is 39.5 Å². The smallest absolute Gasteiger partial charge is 0.299 e. The molecule has 0 heterocycles. The Kier molecular flexibility index (Phi) is 17.7. The van der Waals surface area contributed by atoms with Crippen molar-refractivity contribution in [1.29, 1.82) is 0 Å². The van der Waals surface area contributed by atoms with Gasteiger partial charge in [-0.05, 0) is 0 Å². The van der Waals surface area contributed by atoms with Gasteiger partial charge < -0.3 is 0 Å². The molecule has 0 aliphatic heterocycles. The maximum absolute atomic E-state index is 10.4. The number of hydrogen-bond donors (Lipinski definition) is 2. The van der Waals surface area contributed by atoms with Gasteiger partial charge >= 0.3 is 7.91 Å².